The van der Waals surface area contributed by atoms with Gasteiger partial charge < -0.3 is 24.7 Å². The Morgan fingerprint density at radius 1 is 1.03 bits per heavy atom. The van der Waals surface area contributed by atoms with Gasteiger partial charge in [-0.25, -0.2) is 17.8 Å². The maximum atomic E-state index is 14.4. The molecule has 4 amide bonds. The zero-order valence-corrected chi connectivity index (χ0v) is 32.6. The van der Waals surface area contributed by atoms with Gasteiger partial charge in [0.15, 0.2) is 11.3 Å². The van der Waals surface area contributed by atoms with Crippen LogP contribution >= 0.6 is 0 Å². The number of nitrogens with one attached hydrogen (secondary N) is 3. The third-order valence-electron chi connectivity index (χ3n) is 11.4. The summed E-state index contributed by atoms with van der Waals surface area (Å²) in [5.41, 5.74) is 1.29. The molecule has 18 heteroatoms. The predicted molar refractivity (Wildman–Crippen MR) is 205 cm³/mol. The number of carbonyl (C=O) groups is 4. The monoisotopic (exact) mass is 839 g/mol. The number of ether oxygens (including phenoxy) is 1. The summed E-state index contributed by atoms with van der Waals surface area (Å²) in [6.07, 6.45) is -0.427. The molecule has 0 bridgehead atoms. The molecule has 1 saturated heterocycles. The number of alkyl halides is 3. The summed E-state index contributed by atoms with van der Waals surface area (Å²) in [7, 11) is -4.01. The molecular formula is C41H41F4N5O8S. The van der Waals surface area contributed by atoms with Crippen LogP contribution in [0.3, 0.4) is 0 Å². The third-order valence-corrected chi connectivity index (χ3v) is 13.2. The summed E-state index contributed by atoms with van der Waals surface area (Å²) in [6.45, 7) is 1.56. The molecule has 5 atom stereocenters. The van der Waals surface area contributed by atoms with Gasteiger partial charge in [-0.3, -0.25) is 23.9 Å². The summed E-state index contributed by atoms with van der Waals surface area (Å²) in [5.74, 6) is -5.95. The van der Waals surface area contributed by atoms with E-state index in [1.165, 1.54) is 24.3 Å². The highest BCUT2D eigenvalue weighted by Gasteiger charge is 2.62. The Bertz CT molecular complexity index is 2490. The van der Waals surface area contributed by atoms with Crippen LogP contribution in [0.5, 0.6) is 5.75 Å². The molecule has 3 N–H and O–H groups in total. The quantitative estimate of drug-likeness (QED) is 0.160. The van der Waals surface area contributed by atoms with Crippen molar-refractivity contribution in [2.24, 2.45) is 5.92 Å². The largest absolute Gasteiger partial charge is 0.484 e. The third kappa shape index (κ3) is 8.23. The molecule has 8 rings (SSSR count). The maximum Gasteiger partial charge on any atom is 0.471 e. The molecule has 4 aromatic rings. The van der Waals surface area contributed by atoms with Crippen molar-refractivity contribution in [3.63, 3.8) is 0 Å². The molecule has 2 aliphatic carbocycles. The van der Waals surface area contributed by atoms with Crippen LogP contribution in [0.1, 0.15) is 63.4 Å². The standard InChI is InChI=1S/C41H41F4N5O8S/c1-22-9-16-32-28(17-22)34-35(58-32)33(19-30(46-34)23-10-12-25(42)13-11-23)57-26-18-31-36(51)48-40(38(53)49-59(55,56)27-14-15-27)20-24(40)7-5-3-2-4-6-8-29(37(52)50(31)21-26)47-39(54)41(43,44)45/h5,7,9-13,16-17,19,24,26-27,29,31H,2-4,6,8,14-15,18,20-21H2,1H3,(H,47,54)(H,48,51)(H,49,53)/b7-5-/t24-,26+,29-,31-,40+/m0/s1. The van der Waals surface area contributed by atoms with Gasteiger partial charge in [-0.05, 0) is 81.8 Å². The highest BCUT2D eigenvalue weighted by Crippen LogP contribution is 2.46. The number of hydrogen-bond acceptors (Lipinski definition) is 9. The lowest BCUT2D eigenvalue weighted by molar-refractivity contribution is -0.175. The van der Waals surface area contributed by atoms with Crippen molar-refractivity contribution in [1.29, 1.82) is 0 Å². The van der Waals surface area contributed by atoms with Crippen LogP contribution in [0.4, 0.5) is 17.6 Å². The van der Waals surface area contributed by atoms with Crippen LogP contribution in [0.25, 0.3) is 33.3 Å². The van der Waals surface area contributed by atoms with E-state index in [1.54, 1.807) is 24.3 Å². The van der Waals surface area contributed by atoms with Crippen LogP contribution in [0, 0.1) is 18.7 Å². The van der Waals surface area contributed by atoms with Crippen molar-refractivity contribution >= 4 is 55.7 Å². The van der Waals surface area contributed by atoms with Gasteiger partial charge in [0.2, 0.25) is 21.8 Å². The summed E-state index contributed by atoms with van der Waals surface area (Å²) in [4.78, 5) is 60.6. The number of benzene rings is 2. The van der Waals surface area contributed by atoms with Crippen molar-refractivity contribution in [1.82, 2.24) is 25.2 Å². The fourth-order valence-electron chi connectivity index (χ4n) is 7.94. The van der Waals surface area contributed by atoms with E-state index in [2.05, 4.69) is 10.0 Å². The first kappa shape index (κ1) is 40.3. The lowest BCUT2D eigenvalue weighted by Gasteiger charge is -2.30. The Hall–Kier alpha value is -5.52. The Kier molecular flexibility index (Phi) is 10.4. The van der Waals surface area contributed by atoms with Gasteiger partial charge in [-0.1, -0.05) is 36.6 Å². The first-order valence-electron chi connectivity index (χ1n) is 19.5. The molecule has 4 aliphatic rings. The number of aromatic nitrogens is 1. The second kappa shape index (κ2) is 15.3. The van der Waals surface area contributed by atoms with E-state index in [9.17, 15) is 45.2 Å². The summed E-state index contributed by atoms with van der Waals surface area (Å²) < 4.78 is 95.1. The molecule has 0 unspecified atom stereocenters. The molecule has 0 spiro atoms. The van der Waals surface area contributed by atoms with Crippen LogP contribution in [0.15, 0.2) is 65.1 Å². The van der Waals surface area contributed by atoms with Gasteiger partial charge in [-0.15, -0.1) is 0 Å². The number of amides is 4. The van der Waals surface area contributed by atoms with E-state index in [0.29, 0.717) is 59.8 Å². The fourth-order valence-corrected chi connectivity index (χ4v) is 9.31. The van der Waals surface area contributed by atoms with Gasteiger partial charge in [0, 0.05) is 29.4 Å². The minimum atomic E-state index is -5.29. The van der Waals surface area contributed by atoms with Crippen molar-refractivity contribution < 1.29 is 54.3 Å². The smallest absolute Gasteiger partial charge is 0.471 e. The molecule has 4 heterocycles. The van der Waals surface area contributed by atoms with Gasteiger partial charge in [0.1, 0.15) is 40.6 Å². The van der Waals surface area contributed by atoms with Crippen LogP contribution in [0.2, 0.25) is 0 Å². The number of carbonyl (C=O) groups excluding carboxylic acids is 4. The summed E-state index contributed by atoms with van der Waals surface area (Å²) >= 11 is 0. The molecule has 312 valence electrons. The van der Waals surface area contributed by atoms with Crippen molar-refractivity contribution in [3.05, 3.63) is 72.1 Å². The van der Waals surface area contributed by atoms with Crippen LogP contribution < -0.4 is 20.1 Å². The molecule has 13 nitrogen and oxygen atoms in total. The second-order valence-electron chi connectivity index (χ2n) is 15.8. The van der Waals surface area contributed by atoms with Crippen LogP contribution in [-0.2, 0) is 29.2 Å². The Balaban J connectivity index is 1.16. The number of aryl methyl sites for hydroxylation is 1. The number of rotatable bonds is 7. The lowest BCUT2D eigenvalue weighted by atomic mass is 10.0. The second-order valence-corrected chi connectivity index (χ2v) is 17.8. The molecule has 3 fully saturated rings. The van der Waals surface area contributed by atoms with Gasteiger partial charge in [0.25, 0.3) is 5.91 Å². The number of furan rings is 1. The zero-order valence-electron chi connectivity index (χ0n) is 31.8. The van der Waals surface area contributed by atoms with E-state index < -0.39 is 80.5 Å². The van der Waals surface area contributed by atoms with E-state index in [-0.39, 0.29) is 43.6 Å². The minimum absolute atomic E-state index is 0.0683. The van der Waals surface area contributed by atoms with Crippen LogP contribution in [-0.4, -0.2) is 83.6 Å². The fraction of sp³-hybridized carbons (Fsp3) is 0.439. The van der Waals surface area contributed by atoms with E-state index in [4.69, 9.17) is 14.1 Å². The van der Waals surface area contributed by atoms with Gasteiger partial charge >= 0.3 is 12.1 Å². The normalized spacial score (nSPS) is 25.9. The Morgan fingerprint density at radius 3 is 2.53 bits per heavy atom. The van der Waals surface area contributed by atoms with Crippen molar-refractivity contribution in [2.75, 3.05) is 6.54 Å². The molecule has 2 aromatic carbocycles. The maximum absolute atomic E-state index is 14.4. The zero-order chi connectivity index (χ0) is 41.9. The number of nitrogens with zero attached hydrogens (tertiary/aromatic N) is 2. The first-order valence-corrected chi connectivity index (χ1v) is 21.1. The highest BCUT2D eigenvalue weighted by atomic mass is 32.2. The first-order chi connectivity index (χ1) is 28.0. The molecule has 2 aromatic heterocycles. The number of hydrogen-bond donors (Lipinski definition) is 3. The van der Waals surface area contributed by atoms with E-state index >= 15 is 0 Å². The number of sulfonamides is 1. The van der Waals surface area contributed by atoms with Crippen molar-refractivity contribution in [2.45, 2.75) is 99.9 Å². The molecule has 0 radical (unpaired) electrons. The topological polar surface area (TPSA) is 177 Å². The number of allylic oxidation sites excluding steroid dienone is 1. The SMILES string of the molecule is Cc1ccc2oc3c(O[C@@H]4C[C@H]5C(=O)N[C@]6(C(=O)NS(=O)(=O)C7CC7)C[C@@H]6/C=C\CCCCC[C@H](NC(=O)C(F)(F)F)C(=O)N5C4)cc(-c4ccc(F)cc4)nc3c2c1. The van der Waals surface area contributed by atoms with Gasteiger partial charge in [0.05, 0.1) is 17.5 Å². The number of fused-ring (bicyclic) bond motifs is 5. The van der Waals surface area contributed by atoms with E-state index in [0.717, 1.165) is 10.5 Å². The van der Waals surface area contributed by atoms with Gasteiger partial charge in [-0.2, -0.15) is 13.2 Å². The number of pyridine rings is 1. The highest BCUT2D eigenvalue weighted by molar-refractivity contribution is 7.91. The molecular weight excluding hydrogens is 799 g/mol. The molecule has 59 heavy (non-hydrogen) atoms. The molecule has 2 aliphatic heterocycles. The summed E-state index contributed by atoms with van der Waals surface area (Å²) in [5, 5.41) is 4.48. The Morgan fingerprint density at radius 2 is 1.80 bits per heavy atom. The molecule has 2 saturated carbocycles. The minimum Gasteiger partial charge on any atom is -0.484 e. The summed E-state index contributed by atoms with van der Waals surface area (Å²) in [6, 6.07) is 9.58. The number of halogens is 4. The van der Waals surface area contributed by atoms with E-state index in [1.807, 2.05) is 24.4 Å². The average Bonchev–Trinajstić information content (AvgIpc) is 4.08. The Labute approximate surface area is 336 Å². The lowest BCUT2D eigenvalue weighted by Crippen LogP contribution is -2.58. The van der Waals surface area contributed by atoms with Crippen molar-refractivity contribution in [3.8, 4) is 17.0 Å². The average molecular weight is 840 g/mol. The predicted octanol–water partition coefficient (Wildman–Crippen LogP) is 5.49.